The number of carboxylic acids is 1. The lowest BCUT2D eigenvalue weighted by Gasteiger charge is -2.21. The maximum Gasteiger partial charge on any atom is 0.318 e. The number of nitrogens with zero attached hydrogens (tertiary/aromatic N) is 3. The Bertz CT molecular complexity index is 1350. The summed E-state index contributed by atoms with van der Waals surface area (Å²) in [5.41, 5.74) is 1.35. The highest BCUT2D eigenvalue weighted by atomic mass is 32.2. The van der Waals surface area contributed by atoms with Crippen molar-refractivity contribution in [2.45, 2.75) is 42.9 Å². The minimum Gasteiger partial charge on any atom is -0.481 e. The maximum absolute atomic E-state index is 13.4. The Morgan fingerprint density at radius 2 is 1.86 bits per heavy atom. The summed E-state index contributed by atoms with van der Waals surface area (Å²) in [5, 5.41) is 12.3. The monoisotopic (exact) mass is 532 g/mol. The number of thiazole rings is 1. The van der Waals surface area contributed by atoms with Gasteiger partial charge in [0.25, 0.3) is 0 Å². The van der Waals surface area contributed by atoms with Gasteiger partial charge in [-0.15, -0.1) is 0 Å². The standard InChI is InChI=1S/C24H28N4O6S2/c1-28(14-21(29)30)36(32,33)17-9-7-16(8-10-17)18(13-15-5-3-4-6-15)22(31)27-24-25-19-11-12-20(34-2)26-23(19)35-24/h7-12,15,18H,3-6,13-14H2,1-2H3,(H,29,30)(H,25,27,31)/t18-/m1/s1. The molecular formula is C24H28N4O6S2. The zero-order valence-corrected chi connectivity index (χ0v) is 21.6. The van der Waals surface area contributed by atoms with E-state index >= 15 is 0 Å². The Kier molecular flexibility index (Phi) is 7.86. The molecule has 0 saturated heterocycles. The number of aliphatic carboxylic acids is 1. The molecule has 1 saturated carbocycles. The number of carboxylic acid groups (broad SMARTS) is 1. The molecule has 2 heterocycles. The molecule has 1 fully saturated rings. The molecular weight excluding hydrogens is 504 g/mol. The molecule has 1 aliphatic carbocycles. The van der Waals surface area contributed by atoms with E-state index in [1.807, 2.05) is 0 Å². The molecule has 2 aromatic heterocycles. The number of anilines is 1. The summed E-state index contributed by atoms with van der Waals surface area (Å²) in [5.74, 6) is -1.07. The number of amides is 1. The minimum atomic E-state index is -3.96. The number of ether oxygens (including phenoxy) is 1. The molecule has 1 atom stereocenters. The number of methoxy groups -OCH3 is 1. The van der Waals surface area contributed by atoms with Crippen molar-refractivity contribution >= 4 is 48.7 Å². The van der Waals surface area contributed by atoms with Crippen LogP contribution in [0.15, 0.2) is 41.3 Å². The molecule has 1 aliphatic rings. The van der Waals surface area contributed by atoms with Gasteiger partial charge >= 0.3 is 5.97 Å². The Balaban J connectivity index is 1.57. The SMILES string of the molecule is COc1ccc2nc(NC(=O)[C@H](CC3CCCC3)c3ccc(S(=O)(=O)N(C)CC(=O)O)cc3)sc2n1. The second-order valence-electron chi connectivity index (χ2n) is 8.85. The Morgan fingerprint density at radius 3 is 2.50 bits per heavy atom. The predicted octanol–water partition coefficient (Wildman–Crippen LogP) is 3.71. The van der Waals surface area contributed by atoms with E-state index in [0.29, 0.717) is 39.3 Å². The molecule has 0 radical (unpaired) electrons. The largest absolute Gasteiger partial charge is 0.481 e. The van der Waals surface area contributed by atoms with Crippen LogP contribution in [-0.2, 0) is 19.6 Å². The normalized spacial score (nSPS) is 15.3. The zero-order valence-electron chi connectivity index (χ0n) is 20.0. The van der Waals surface area contributed by atoms with Crippen LogP contribution in [0.3, 0.4) is 0 Å². The van der Waals surface area contributed by atoms with Crippen LogP contribution in [0.2, 0.25) is 0 Å². The third kappa shape index (κ3) is 5.82. The fourth-order valence-electron chi connectivity index (χ4n) is 4.46. The number of hydrogen-bond acceptors (Lipinski definition) is 8. The van der Waals surface area contributed by atoms with Gasteiger partial charge in [-0.2, -0.15) is 4.31 Å². The van der Waals surface area contributed by atoms with Crippen molar-refractivity contribution in [2.24, 2.45) is 5.92 Å². The van der Waals surface area contributed by atoms with Crippen molar-refractivity contribution in [1.82, 2.24) is 14.3 Å². The highest BCUT2D eigenvalue weighted by Crippen LogP contribution is 2.36. The first-order valence-corrected chi connectivity index (χ1v) is 13.8. The average molecular weight is 533 g/mol. The maximum atomic E-state index is 13.4. The van der Waals surface area contributed by atoms with Crippen LogP contribution < -0.4 is 10.1 Å². The van der Waals surface area contributed by atoms with E-state index in [-0.39, 0.29) is 10.8 Å². The topological polar surface area (TPSA) is 139 Å². The number of nitrogens with one attached hydrogen (secondary N) is 1. The van der Waals surface area contributed by atoms with E-state index in [0.717, 1.165) is 30.0 Å². The Morgan fingerprint density at radius 1 is 1.17 bits per heavy atom. The molecule has 0 spiro atoms. The van der Waals surface area contributed by atoms with Crippen LogP contribution in [0, 0.1) is 5.92 Å². The lowest BCUT2D eigenvalue weighted by Crippen LogP contribution is -2.32. The molecule has 1 aromatic carbocycles. The fraction of sp³-hybridized carbons (Fsp3) is 0.417. The molecule has 12 heteroatoms. The van der Waals surface area contributed by atoms with Crippen LogP contribution in [0.25, 0.3) is 10.3 Å². The van der Waals surface area contributed by atoms with Gasteiger partial charge in [0.05, 0.1) is 17.9 Å². The van der Waals surface area contributed by atoms with Gasteiger partial charge in [0.2, 0.25) is 21.8 Å². The van der Waals surface area contributed by atoms with Crippen molar-refractivity contribution in [3.8, 4) is 5.88 Å². The number of pyridine rings is 1. The zero-order chi connectivity index (χ0) is 25.9. The van der Waals surface area contributed by atoms with Crippen LogP contribution in [-0.4, -0.2) is 60.4 Å². The van der Waals surface area contributed by atoms with Gasteiger partial charge in [-0.3, -0.25) is 9.59 Å². The van der Waals surface area contributed by atoms with Gasteiger partial charge in [0.15, 0.2) is 5.13 Å². The van der Waals surface area contributed by atoms with Gasteiger partial charge in [-0.05, 0) is 36.1 Å². The van der Waals surface area contributed by atoms with Crippen molar-refractivity contribution in [1.29, 1.82) is 0 Å². The average Bonchev–Trinajstić information content (AvgIpc) is 3.50. The predicted molar refractivity (Wildman–Crippen MR) is 136 cm³/mol. The summed E-state index contributed by atoms with van der Waals surface area (Å²) >= 11 is 1.26. The van der Waals surface area contributed by atoms with Crippen LogP contribution in [0.5, 0.6) is 5.88 Å². The van der Waals surface area contributed by atoms with E-state index in [2.05, 4.69) is 15.3 Å². The molecule has 0 unspecified atom stereocenters. The molecule has 4 rings (SSSR count). The molecule has 0 aliphatic heterocycles. The van der Waals surface area contributed by atoms with Gasteiger partial charge in [-0.25, -0.2) is 18.4 Å². The smallest absolute Gasteiger partial charge is 0.318 e. The van der Waals surface area contributed by atoms with Crippen LogP contribution in [0.4, 0.5) is 5.13 Å². The highest BCUT2D eigenvalue weighted by Gasteiger charge is 2.29. The number of aromatic nitrogens is 2. The number of fused-ring (bicyclic) bond motifs is 1. The lowest BCUT2D eigenvalue weighted by molar-refractivity contribution is -0.137. The number of likely N-dealkylation sites (N-methyl/N-ethyl adjacent to an activating group) is 1. The second kappa shape index (κ2) is 10.9. The number of carbonyl (C=O) groups is 2. The molecule has 1 amide bonds. The minimum absolute atomic E-state index is 0.0266. The van der Waals surface area contributed by atoms with Crippen molar-refractivity contribution in [2.75, 3.05) is 26.0 Å². The summed E-state index contributed by atoms with van der Waals surface area (Å²) in [6, 6.07) is 9.60. The van der Waals surface area contributed by atoms with E-state index in [9.17, 15) is 18.0 Å². The highest BCUT2D eigenvalue weighted by molar-refractivity contribution is 7.89. The van der Waals surface area contributed by atoms with Crippen molar-refractivity contribution in [3.63, 3.8) is 0 Å². The summed E-state index contributed by atoms with van der Waals surface area (Å²) in [4.78, 5) is 33.8. The van der Waals surface area contributed by atoms with E-state index < -0.39 is 28.5 Å². The van der Waals surface area contributed by atoms with Gasteiger partial charge in [0, 0.05) is 13.1 Å². The third-order valence-electron chi connectivity index (χ3n) is 6.38. The summed E-state index contributed by atoms with van der Waals surface area (Å²) in [6.07, 6.45) is 5.03. The quantitative estimate of drug-likeness (QED) is 0.403. The fourth-order valence-corrected chi connectivity index (χ4v) is 6.41. The Labute approximate surface area is 213 Å². The summed E-state index contributed by atoms with van der Waals surface area (Å²) in [6.45, 7) is -0.639. The first-order valence-electron chi connectivity index (χ1n) is 11.6. The number of sulfonamides is 1. The Hall–Kier alpha value is -3.09. The summed E-state index contributed by atoms with van der Waals surface area (Å²) < 4.78 is 31.3. The molecule has 10 nitrogen and oxygen atoms in total. The summed E-state index contributed by atoms with van der Waals surface area (Å²) in [7, 11) is -1.21. The molecule has 2 N–H and O–H groups in total. The number of rotatable bonds is 10. The van der Waals surface area contributed by atoms with E-state index in [1.54, 1.807) is 24.3 Å². The first-order chi connectivity index (χ1) is 17.2. The third-order valence-corrected chi connectivity index (χ3v) is 9.08. The van der Waals surface area contributed by atoms with Crippen LogP contribution >= 0.6 is 11.3 Å². The van der Waals surface area contributed by atoms with Gasteiger partial charge in [-0.1, -0.05) is 49.2 Å². The molecule has 36 heavy (non-hydrogen) atoms. The molecule has 3 aromatic rings. The first kappa shape index (κ1) is 26.0. The van der Waals surface area contributed by atoms with E-state index in [1.165, 1.54) is 37.6 Å². The van der Waals surface area contributed by atoms with Gasteiger partial charge < -0.3 is 15.2 Å². The number of benzene rings is 1. The lowest BCUT2D eigenvalue weighted by atomic mass is 9.87. The molecule has 0 bridgehead atoms. The second-order valence-corrected chi connectivity index (χ2v) is 11.9. The molecule has 192 valence electrons. The van der Waals surface area contributed by atoms with E-state index in [4.69, 9.17) is 9.84 Å². The van der Waals surface area contributed by atoms with Crippen molar-refractivity contribution in [3.05, 3.63) is 42.0 Å². The van der Waals surface area contributed by atoms with Crippen molar-refractivity contribution < 1.29 is 27.9 Å². The number of carbonyl (C=O) groups excluding carboxylic acids is 1. The van der Waals surface area contributed by atoms with Crippen LogP contribution in [0.1, 0.15) is 43.6 Å². The number of hydrogen-bond donors (Lipinski definition) is 2. The van der Waals surface area contributed by atoms with Gasteiger partial charge in [0.1, 0.15) is 16.9 Å².